The molecule has 32 heavy (non-hydrogen) atoms. The molecular weight excluding hydrogens is 398 g/mol. The third-order valence-corrected chi connectivity index (χ3v) is 10.2. The molecule has 0 radical (unpaired) electrons. The summed E-state index contributed by atoms with van der Waals surface area (Å²) in [6.45, 7) is 8.50. The summed E-state index contributed by atoms with van der Waals surface area (Å²) in [5.74, 6) is 2.55. The first-order chi connectivity index (χ1) is 15.1. The first-order valence-electron chi connectivity index (χ1n) is 12.4. The van der Waals surface area contributed by atoms with Crippen molar-refractivity contribution in [2.75, 3.05) is 7.05 Å². The Bertz CT molecular complexity index is 989. The van der Waals surface area contributed by atoms with Crippen LogP contribution in [0.3, 0.4) is 0 Å². The maximum atomic E-state index is 13.7. The number of fused-ring (bicyclic) bond motifs is 5. The quantitative estimate of drug-likeness (QED) is 0.629. The number of aromatic hydroxyl groups is 1. The van der Waals surface area contributed by atoms with Gasteiger partial charge in [0.15, 0.2) is 5.78 Å². The molecule has 5 rings (SSSR count). The van der Waals surface area contributed by atoms with E-state index in [2.05, 4.69) is 19.9 Å². The molecule has 0 aromatic heterocycles. The van der Waals surface area contributed by atoms with Gasteiger partial charge in [0.05, 0.1) is 0 Å². The van der Waals surface area contributed by atoms with Gasteiger partial charge in [-0.25, -0.2) is 0 Å². The van der Waals surface area contributed by atoms with Gasteiger partial charge in [-0.3, -0.25) is 9.59 Å². The van der Waals surface area contributed by atoms with Gasteiger partial charge in [-0.2, -0.15) is 0 Å². The number of rotatable bonds is 2. The van der Waals surface area contributed by atoms with Crippen molar-refractivity contribution in [2.45, 2.75) is 72.3 Å². The van der Waals surface area contributed by atoms with Crippen molar-refractivity contribution >= 4 is 11.7 Å². The number of nitrogens with zero attached hydrogens (tertiary/aromatic N) is 1. The number of likely N-dealkylation sites (N-methyl/N-ethyl adjacent to an activating group) is 1. The zero-order chi connectivity index (χ0) is 23.0. The van der Waals surface area contributed by atoms with Crippen LogP contribution in [0.15, 0.2) is 24.3 Å². The smallest absolute Gasteiger partial charge is 0.246 e. The lowest BCUT2D eigenvalue weighted by molar-refractivity contribution is -0.138. The summed E-state index contributed by atoms with van der Waals surface area (Å²) in [6.07, 6.45) is 10.6. The highest BCUT2D eigenvalue weighted by atomic mass is 16.3. The largest absolute Gasteiger partial charge is 0.507 e. The molecule has 1 aromatic carbocycles. The molecule has 3 fully saturated rings. The maximum absolute atomic E-state index is 13.7. The summed E-state index contributed by atoms with van der Waals surface area (Å²) in [4.78, 5) is 28.0. The fourth-order valence-corrected chi connectivity index (χ4v) is 8.47. The second-order valence-electron chi connectivity index (χ2n) is 11.6. The number of amides is 1. The lowest BCUT2D eigenvalue weighted by atomic mass is 9.47. The van der Waals surface area contributed by atoms with E-state index in [1.807, 2.05) is 37.9 Å². The van der Waals surface area contributed by atoms with Gasteiger partial charge in [-0.1, -0.05) is 19.9 Å². The number of hydrogen-bond acceptors (Lipinski definition) is 3. The lowest BCUT2D eigenvalue weighted by Crippen LogP contribution is -2.59. The average molecular weight is 436 g/mol. The fourth-order valence-electron chi connectivity index (χ4n) is 8.47. The van der Waals surface area contributed by atoms with Gasteiger partial charge in [0, 0.05) is 30.0 Å². The van der Waals surface area contributed by atoms with E-state index in [-0.39, 0.29) is 28.4 Å². The second-order valence-corrected chi connectivity index (χ2v) is 11.6. The molecule has 1 aliphatic heterocycles. The van der Waals surface area contributed by atoms with Gasteiger partial charge in [-0.15, -0.1) is 0 Å². The Morgan fingerprint density at radius 2 is 1.72 bits per heavy atom. The number of carbonyl (C=O) groups excluding carboxylic acids is 2. The summed E-state index contributed by atoms with van der Waals surface area (Å²) in [5, 5.41) is 10.2. The molecule has 4 nitrogen and oxygen atoms in total. The zero-order valence-corrected chi connectivity index (χ0v) is 20.1. The normalized spacial score (nSPS) is 40.6. The van der Waals surface area contributed by atoms with Crippen LogP contribution in [-0.4, -0.2) is 34.8 Å². The number of hydrogen-bond donors (Lipinski definition) is 1. The van der Waals surface area contributed by atoms with Gasteiger partial charge < -0.3 is 10.0 Å². The zero-order valence-electron chi connectivity index (χ0n) is 20.1. The number of phenolic OH excluding ortho intramolecular Hbond substituents is 1. The third-order valence-electron chi connectivity index (χ3n) is 10.2. The van der Waals surface area contributed by atoms with Crippen molar-refractivity contribution in [3.8, 4) is 5.75 Å². The molecule has 4 heteroatoms. The van der Waals surface area contributed by atoms with Crippen LogP contribution in [0.5, 0.6) is 5.75 Å². The molecule has 0 saturated heterocycles. The summed E-state index contributed by atoms with van der Waals surface area (Å²) in [7, 11) is 1.97. The average Bonchev–Trinajstić information content (AvgIpc) is 3.11. The predicted octanol–water partition coefficient (Wildman–Crippen LogP) is 5.45. The summed E-state index contributed by atoms with van der Waals surface area (Å²) in [6, 6.07) is 4.05. The van der Waals surface area contributed by atoms with Crippen LogP contribution < -0.4 is 0 Å². The van der Waals surface area contributed by atoms with E-state index in [0.29, 0.717) is 29.5 Å². The van der Waals surface area contributed by atoms with Crippen LogP contribution in [0.4, 0.5) is 0 Å². The minimum Gasteiger partial charge on any atom is -0.507 e. The predicted molar refractivity (Wildman–Crippen MR) is 125 cm³/mol. The lowest BCUT2D eigenvalue weighted by Gasteiger charge is -2.60. The Kier molecular flexibility index (Phi) is 4.89. The van der Waals surface area contributed by atoms with Gasteiger partial charge in [-0.05, 0) is 105 Å². The highest BCUT2D eigenvalue weighted by molar-refractivity contribution is 5.99. The van der Waals surface area contributed by atoms with E-state index in [1.165, 1.54) is 0 Å². The molecule has 3 saturated carbocycles. The molecule has 0 bridgehead atoms. The molecule has 2 unspecified atom stereocenters. The number of benzene rings is 1. The van der Waals surface area contributed by atoms with Crippen molar-refractivity contribution in [3.63, 3.8) is 0 Å². The van der Waals surface area contributed by atoms with E-state index in [0.717, 1.165) is 55.2 Å². The van der Waals surface area contributed by atoms with Crippen LogP contribution >= 0.6 is 0 Å². The van der Waals surface area contributed by atoms with Crippen LogP contribution in [0, 0.1) is 48.3 Å². The van der Waals surface area contributed by atoms with Crippen LogP contribution in [-0.2, 0) is 4.79 Å². The second kappa shape index (κ2) is 7.20. The molecule has 172 valence electrons. The van der Waals surface area contributed by atoms with Gasteiger partial charge >= 0.3 is 0 Å². The summed E-state index contributed by atoms with van der Waals surface area (Å²) in [5.41, 5.74) is 2.41. The number of phenols is 1. The van der Waals surface area contributed by atoms with Crippen molar-refractivity contribution in [1.82, 2.24) is 4.90 Å². The van der Waals surface area contributed by atoms with E-state index < -0.39 is 0 Å². The molecule has 1 heterocycles. The Labute approximate surface area is 192 Å². The highest BCUT2D eigenvalue weighted by Crippen LogP contribution is 2.65. The third kappa shape index (κ3) is 2.87. The molecular formula is C28H37NO3. The van der Waals surface area contributed by atoms with E-state index in [4.69, 9.17) is 0 Å². The van der Waals surface area contributed by atoms with Gasteiger partial charge in [0.1, 0.15) is 5.75 Å². The van der Waals surface area contributed by atoms with Crippen LogP contribution in [0.1, 0.15) is 73.9 Å². The summed E-state index contributed by atoms with van der Waals surface area (Å²) < 4.78 is 0. The van der Waals surface area contributed by atoms with Crippen molar-refractivity contribution in [2.24, 2.45) is 34.5 Å². The Hall–Kier alpha value is -2.10. The van der Waals surface area contributed by atoms with Gasteiger partial charge in [0.25, 0.3) is 0 Å². The van der Waals surface area contributed by atoms with Crippen molar-refractivity contribution < 1.29 is 14.7 Å². The van der Waals surface area contributed by atoms with Crippen molar-refractivity contribution in [3.05, 3.63) is 41.0 Å². The van der Waals surface area contributed by atoms with Crippen LogP contribution in [0.25, 0.3) is 0 Å². The number of aryl methyl sites for hydroxylation is 2. The number of Topliss-reactive ketones (excluding diaryl/α,β-unsaturated/α-hetero) is 1. The Morgan fingerprint density at radius 1 is 1.03 bits per heavy atom. The number of ketones is 1. The molecule has 7 atom stereocenters. The monoisotopic (exact) mass is 435 g/mol. The minimum atomic E-state index is 0.0418. The molecule has 4 aliphatic rings. The standard InChI is InChI=1S/C28H37NO3/c1-16-14-18(15-17(2)25(16)31)26(32)22-8-7-20-19-6-9-23-28(4,13-11-24(30)29(23)5)21(19)10-12-27(20,22)3/h11,13-15,19-23,31H,6-10,12H2,1-5H3/t19-,20-,21+,22?,23?,27-,28+/m0/s1. The van der Waals surface area contributed by atoms with E-state index in [9.17, 15) is 14.7 Å². The molecule has 1 N–H and O–H groups in total. The SMILES string of the molecule is Cc1cc(C(=O)C2CC[C@H]3[C@@H]4CCC5N(C)C(=O)C=C[C@]5(C)[C@@H]4CC[C@]23C)cc(C)c1O. The Morgan fingerprint density at radius 3 is 2.41 bits per heavy atom. The Balaban J connectivity index is 1.44. The first-order valence-corrected chi connectivity index (χ1v) is 12.4. The number of carbonyl (C=O) groups is 2. The molecule has 3 aliphatic carbocycles. The van der Waals surface area contributed by atoms with E-state index in [1.54, 1.807) is 6.08 Å². The fraction of sp³-hybridized carbons (Fsp3) is 0.643. The molecule has 1 aromatic rings. The molecule has 1 amide bonds. The van der Waals surface area contributed by atoms with E-state index >= 15 is 0 Å². The van der Waals surface area contributed by atoms with Crippen molar-refractivity contribution in [1.29, 1.82) is 0 Å². The maximum Gasteiger partial charge on any atom is 0.246 e. The summed E-state index contributed by atoms with van der Waals surface area (Å²) >= 11 is 0. The molecule has 0 spiro atoms. The first kappa shape index (κ1) is 21.7. The van der Waals surface area contributed by atoms with Gasteiger partial charge in [0.2, 0.25) is 5.91 Å². The minimum absolute atomic E-state index is 0.0418. The topological polar surface area (TPSA) is 57.6 Å². The van der Waals surface area contributed by atoms with Crippen LogP contribution in [0.2, 0.25) is 0 Å². The highest BCUT2D eigenvalue weighted by Gasteiger charge is 2.61.